The Morgan fingerprint density at radius 1 is 1.23 bits per heavy atom. The van der Waals surface area contributed by atoms with Crippen molar-refractivity contribution in [2.45, 2.75) is 0 Å². The minimum absolute atomic E-state index is 0.476. The fourth-order valence-electron chi connectivity index (χ4n) is 0.911. The van der Waals surface area contributed by atoms with Gasteiger partial charge in [0.25, 0.3) is 0 Å². The van der Waals surface area contributed by atoms with Crippen molar-refractivity contribution in [3.63, 3.8) is 0 Å². The van der Waals surface area contributed by atoms with E-state index >= 15 is 0 Å². The van der Waals surface area contributed by atoms with Gasteiger partial charge in [0, 0.05) is 18.9 Å². The van der Waals surface area contributed by atoms with Gasteiger partial charge in [-0.05, 0) is 12.1 Å². The molecule has 0 aliphatic rings. The van der Waals surface area contributed by atoms with Crippen molar-refractivity contribution in [1.29, 1.82) is 0 Å². The van der Waals surface area contributed by atoms with Gasteiger partial charge in [-0.2, -0.15) is 0 Å². The first kappa shape index (κ1) is 9.67. The van der Waals surface area contributed by atoms with E-state index in [1.54, 1.807) is 25.3 Å². The summed E-state index contributed by atoms with van der Waals surface area (Å²) in [6.07, 6.45) is 0. The van der Waals surface area contributed by atoms with Crippen LogP contribution in [0.15, 0.2) is 18.2 Å². The molecule has 72 valence electrons. The van der Waals surface area contributed by atoms with Crippen LogP contribution < -0.4 is 16.2 Å². The summed E-state index contributed by atoms with van der Waals surface area (Å²) in [6, 6.07) is 5.15. The smallest absolute Gasteiger partial charge is 0.144 e. The van der Waals surface area contributed by atoms with Gasteiger partial charge in [0.1, 0.15) is 12.4 Å². The van der Waals surface area contributed by atoms with Crippen LogP contribution in [0.1, 0.15) is 0 Å². The molecule has 1 aromatic carbocycles. The predicted molar refractivity (Wildman–Crippen MR) is 52.6 cm³/mol. The molecule has 0 saturated heterocycles. The molecular weight excluding hydrogens is 168 g/mol. The average Bonchev–Trinajstić information content (AvgIpc) is 2.11. The first-order valence-corrected chi connectivity index (χ1v) is 4.01. The quantitative estimate of drug-likeness (QED) is 0.535. The van der Waals surface area contributed by atoms with Crippen LogP contribution in [0.3, 0.4) is 0 Å². The van der Waals surface area contributed by atoms with Crippen LogP contribution in [-0.4, -0.2) is 20.3 Å². The predicted octanol–water partition coefficient (Wildman–Crippen LogP) is 0.876. The molecule has 4 nitrogen and oxygen atoms in total. The lowest BCUT2D eigenvalue weighted by atomic mass is 10.2. The Balaban J connectivity index is 2.59. The van der Waals surface area contributed by atoms with Crippen LogP contribution in [0.4, 0.5) is 11.4 Å². The molecule has 0 amide bonds. The Bertz CT molecular complexity index is 276. The van der Waals surface area contributed by atoms with Crippen molar-refractivity contribution in [2.24, 2.45) is 0 Å². The van der Waals surface area contributed by atoms with Crippen LogP contribution in [0, 0.1) is 0 Å². The van der Waals surface area contributed by atoms with Crippen molar-refractivity contribution >= 4 is 11.4 Å². The van der Waals surface area contributed by atoms with Crippen LogP contribution in [0.2, 0.25) is 0 Å². The minimum atomic E-state index is 0.476. The van der Waals surface area contributed by atoms with E-state index < -0.39 is 0 Å². The molecular formula is C9H14N2O2. The highest BCUT2D eigenvalue weighted by Gasteiger charge is 1.99. The molecule has 13 heavy (non-hydrogen) atoms. The molecule has 0 fully saturated rings. The van der Waals surface area contributed by atoms with Gasteiger partial charge in [-0.3, -0.25) is 0 Å². The van der Waals surface area contributed by atoms with E-state index in [9.17, 15) is 0 Å². The molecule has 0 radical (unpaired) electrons. The third-order valence-corrected chi connectivity index (χ3v) is 1.58. The monoisotopic (exact) mass is 182 g/mol. The van der Waals surface area contributed by atoms with Gasteiger partial charge >= 0.3 is 0 Å². The van der Waals surface area contributed by atoms with Crippen molar-refractivity contribution in [1.82, 2.24) is 0 Å². The molecule has 0 aliphatic carbocycles. The van der Waals surface area contributed by atoms with E-state index in [2.05, 4.69) is 0 Å². The number of hydrogen-bond donors (Lipinski definition) is 2. The normalized spacial score (nSPS) is 9.92. The van der Waals surface area contributed by atoms with Crippen LogP contribution in [0.5, 0.6) is 5.75 Å². The zero-order valence-electron chi connectivity index (χ0n) is 7.62. The lowest BCUT2D eigenvalue weighted by molar-refractivity contribution is 0.147. The lowest BCUT2D eigenvalue weighted by Crippen LogP contribution is -2.06. The van der Waals surface area contributed by atoms with Crippen LogP contribution in [0.25, 0.3) is 0 Å². The van der Waals surface area contributed by atoms with E-state index in [1.807, 2.05) is 0 Å². The highest BCUT2D eigenvalue weighted by molar-refractivity contribution is 5.59. The Hall–Kier alpha value is -1.42. The molecule has 0 atom stereocenters. The average molecular weight is 182 g/mol. The maximum Gasteiger partial charge on any atom is 0.144 e. The second kappa shape index (κ2) is 4.57. The van der Waals surface area contributed by atoms with Crippen molar-refractivity contribution < 1.29 is 9.47 Å². The topological polar surface area (TPSA) is 70.5 Å². The van der Waals surface area contributed by atoms with Gasteiger partial charge in [-0.25, -0.2) is 0 Å². The molecule has 4 N–H and O–H groups in total. The maximum absolute atomic E-state index is 5.65. The third-order valence-electron chi connectivity index (χ3n) is 1.58. The molecule has 0 heterocycles. The second-order valence-corrected chi connectivity index (χ2v) is 2.64. The minimum Gasteiger partial charge on any atom is -0.489 e. The Morgan fingerprint density at radius 2 is 2.00 bits per heavy atom. The zero-order chi connectivity index (χ0) is 9.68. The molecule has 0 spiro atoms. The molecule has 0 saturated carbocycles. The standard InChI is InChI=1S/C9H14N2O2/c1-12-4-5-13-9-6-7(10)2-3-8(9)11/h2-3,6H,4-5,10-11H2,1H3. The van der Waals surface area contributed by atoms with Crippen molar-refractivity contribution in [3.05, 3.63) is 18.2 Å². The molecule has 0 aromatic heterocycles. The fraction of sp³-hybridized carbons (Fsp3) is 0.333. The highest BCUT2D eigenvalue weighted by atomic mass is 16.5. The third kappa shape index (κ3) is 2.83. The van der Waals surface area contributed by atoms with E-state index in [0.717, 1.165) is 0 Å². The number of benzene rings is 1. The maximum atomic E-state index is 5.65. The Labute approximate surface area is 77.4 Å². The fourth-order valence-corrected chi connectivity index (χ4v) is 0.911. The van der Waals surface area contributed by atoms with E-state index in [4.69, 9.17) is 20.9 Å². The van der Waals surface area contributed by atoms with Crippen molar-refractivity contribution in [2.75, 3.05) is 31.8 Å². The van der Waals surface area contributed by atoms with Gasteiger partial charge in [0.05, 0.1) is 12.3 Å². The number of rotatable bonds is 4. The Kier molecular flexibility index (Phi) is 3.40. The Morgan fingerprint density at radius 3 is 2.69 bits per heavy atom. The summed E-state index contributed by atoms with van der Waals surface area (Å²) in [5.41, 5.74) is 12.4. The molecule has 0 bridgehead atoms. The second-order valence-electron chi connectivity index (χ2n) is 2.64. The first-order chi connectivity index (χ1) is 6.24. The summed E-state index contributed by atoms with van der Waals surface area (Å²) in [5, 5.41) is 0. The molecule has 4 heteroatoms. The lowest BCUT2D eigenvalue weighted by Gasteiger charge is -2.08. The SMILES string of the molecule is COCCOc1cc(N)ccc1N. The van der Waals surface area contributed by atoms with Crippen LogP contribution >= 0.6 is 0 Å². The largest absolute Gasteiger partial charge is 0.489 e. The first-order valence-electron chi connectivity index (χ1n) is 4.01. The number of hydrogen-bond acceptors (Lipinski definition) is 4. The summed E-state index contributed by atoms with van der Waals surface area (Å²) in [7, 11) is 1.62. The number of anilines is 2. The number of ether oxygens (including phenoxy) is 2. The highest BCUT2D eigenvalue weighted by Crippen LogP contribution is 2.23. The molecule has 1 rings (SSSR count). The zero-order valence-corrected chi connectivity index (χ0v) is 7.62. The van der Waals surface area contributed by atoms with Gasteiger partial charge in [0.15, 0.2) is 0 Å². The van der Waals surface area contributed by atoms with Crippen molar-refractivity contribution in [3.8, 4) is 5.75 Å². The molecule has 0 aliphatic heterocycles. The van der Waals surface area contributed by atoms with Gasteiger partial charge in [0.2, 0.25) is 0 Å². The number of nitrogens with two attached hydrogens (primary N) is 2. The van der Waals surface area contributed by atoms with Gasteiger partial charge in [-0.1, -0.05) is 0 Å². The van der Waals surface area contributed by atoms with E-state index in [-0.39, 0.29) is 0 Å². The summed E-state index contributed by atoms with van der Waals surface area (Å²) >= 11 is 0. The van der Waals surface area contributed by atoms with Gasteiger partial charge in [-0.15, -0.1) is 0 Å². The number of methoxy groups -OCH3 is 1. The van der Waals surface area contributed by atoms with E-state index in [1.165, 1.54) is 0 Å². The summed E-state index contributed by atoms with van der Waals surface area (Å²) in [6.45, 7) is 1.01. The van der Waals surface area contributed by atoms with E-state index in [0.29, 0.717) is 30.3 Å². The van der Waals surface area contributed by atoms with Crippen LogP contribution in [-0.2, 0) is 4.74 Å². The molecule has 1 aromatic rings. The summed E-state index contributed by atoms with van der Waals surface area (Å²) < 4.78 is 10.2. The summed E-state index contributed by atoms with van der Waals surface area (Å²) in [5.74, 6) is 0.608. The van der Waals surface area contributed by atoms with Gasteiger partial charge < -0.3 is 20.9 Å². The summed E-state index contributed by atoms with van der Waals surface area (Å²) in [4.78, 5) is 0. The molecule has 0 unspecified atom stereocenters. The number of nitrogen functional groups attached to an aromatic ring is 2.